The van der Waals surface area contributed by atoms with E-state index in [1.807, 2.05) is 30.3 Å². The minimum Gasteiger partial charge on any atom is -0.368 e. The third-order valence-corrected chi connectivity index (χ3v) is 3.45. The van der Waals surface area contributed by atoms with Crippen molar-refractivity contribution in [3.63, 3.8) is 0 Å². The van der Waals surface area contributed by atoms with Gasteiger partial charge in [-0.25, -0.2) is 0 Å². The third kappa shape index (κ3) is 6.97. The van der Waals surface area contributed by atoms with E-state index in [1.165, 1.54) is 6.92 Å². The van der Waals surface area contributed by atoms with Gasteiger partial charge in [-0.1, -0.05) is 30.3 Å². The first kappa shape index (κ1) is 19.2. The van der Waals surface area contributed by atoms with E-state index in [9.17, 15) is 14.4 Å². The van der Waals surface area contributed by atoms with Crippen molar-refractivity contribution in [2.75, 3.05) is 0 Å². The van der Waals surface area contributed by atoms with E-state index in [0.29, 0.717) is 25.7 Å². The lowest BCUT2D eigenvalue weighted by atomic mass is 10.0. The number of carbonyl (C=O) groups excluding carboxylic acids is 3. The molecular formula is C18H23N3O3. The summed E-state index contributed by atoms with van der Waals surface area (Å²) in [5.41, 5.74) is 6.23. The normalized spacial score (nSPS) is 12.5. The number of primary amides is 1. The lowest BCUT2D eigenvalue weighted by molar-refractivity contribution is -0.130. The van der Waals surface area contributed by atoms with Gasteiger partial charge in [0.25, 0.3) is 0 Å². The second kappa shape index (κ2) is 10.1. The van der Waals surface area contributed by atoms with Gasteiger partial charge in [-0.05, 0) is 18.4 Å². The molecule has 0 aromatic heterocycles. The number of hydrogen-bond acceptors (Lipinski definition) is 3. The van der Waals surface area contributed by atoms with Crippen LogP contribution in [0.15, 0.2) is 30.3 Å². The Bertz CT molecular complexity index is 608. The number of hydrogen-bond donors (Lipinski definition) is 3. The highest BCUT2D eigenvalue weighted by atomic mass is 16.2. The fourth-order valence-corrected chi connectivity index (χ4v) is 2.27. The zero-order valence-corrected chi connectivity index (χ0v) is 13.7. The molecule has 0 aliphatic rings. The molecule has 0 saturated heterocycles. The van der Waals surface area contributed by atoms with Crippen LogP contribution in [0.1, 0.15) is 31.7 Å². The van der Waals surface area contributed by atoms with Gasteiger partial charge in [-0.2, -0.15) is 0 Å². The Morgan fingerprint density at radius 2 is 1.83 bits per heavy atom. The first-order valence-corrected chi connectivity index (χ1v) is 7.78. The van der Waals surface area contributed by atoms with Gasteiger partial charge in [-0.3, -0.25) is 14.4 Å². The van der Waals surface area contributed by atoms with E-state index in [0.717, 1.165) is 5.56 Å². The summed E-state index contributed by atoms with van der Waals surface area (Å²) >= 11 is 0. The van der Waals surface area contributed by atoms with Crippen molar-refractivity contribution in [3.8, 4) is 12.3 Å². The number of carbonyl (C=O) groups is 3. The molecule has 0 fully saturated rings. The summed E-state index contributed by atoms with van der Waals surface area (Å²) in [5, 5.41) is 5.21. The van der Waals surface area contributed by atoms with Crippen LogP contribution in [0.5, 0.6) is 0 Å². The largest absolute Gasteiger partial charge is 0.368 e. The summed E-state index contributed by atoms with van der Waals surface area (Å²) in [4.78, 5) is 35.3. The Kier molecular flexibility index (Phi) is 8.06. The van der Waals surface area contributed by atoms with E-state index in [4.69, 9.17) is 12.2 Å². The monoisotopic (exact) mass is 329 g/mol. The molecule has 128 valence electrons. The Morgan fingerprint density at radius 1 is 1.17 bits per heavy atom. The Balaban J connectivity index is 2.76. The topological polar surface area (TPSA) is 101 Å². The van der Waals surface area contributed by atoms with Gasteiger partial charge < -0.3 is 16.4 Å². The average molecular weight is 329 g/mol. The highest BCUT2D eigenvalue weighted by Crippen LogP contribution is 2.06. The molecule has 1 aromatic carbocycles. The molecule has 1 rings (SSSR count). The minimum absolute atomic E-state index is 0.322. The van der Waals surface area contributed by atoms with Crippen molar-refractivity contribution in [1.82, 2.24) is 10.6 Å². The van der Waals surface area contributed by atoms with Crippen molar-refractivity contribution in [2.45, 2.75) is 44.7 Å². The van der Waals surface area contributed by atoms with Crippen LogP contribution in [0.3, 0.4) is 0 Å². The summed E-state index contributed by atoms with van der Waals surface area (Å²) in [7, 11) is 0. The lowest BCUT2D eigenvalue weighted by Crippen LogP contribution is -2.53. The molecule has 4 N–H and O–H groups in total. The molecule has 0 aliphatic carbocycles. The van der Waals surface area contributed by atoms with Crippen LogP contribution < -0.4 is 16.4 Å². The smallest absolute Gasteiger partial charge is 0.243 e. The molecule has 1 aromatic rings. The molecule has 6 heteroatoms. The second-order valence-electron chi connectivity index (χ2n) is 5.50. The SMILES string of the molecule is C#CCCC[C@H](NC(=O)[C@@H](Cc1ccccc1)NC(C)=O)C(N)=O. The highest BCUT2D eigenvalue weighted by Gasteiger charge is 2.24. The molecule has 6 nitrogen and oxygen atoms in total. The Morgan fingerprint density at radius 3 is 2.38 bits per heavy atom. The molecular weight excluding hydrogens is 306 g/mol. The maximum atomic E-state index is 12.5. The average Bonchev–Trinajstić information content (AvgIpc) is 2.53. The second-order valence-corrected chi connectivity index (χ2v) is 5.50. The summed E-state index contributed by atoms with van der Waals surface area (Å²) in [5.74, 6) is 1.08. The van der Waals surface area contributed by atoms with Crippen LogP contribution in [-0.4, -0.2) is 29.8 Å². The van der Waals surface area contributed by atoms with E-state index < -0.39 is 23.9 Å². The van der Waals surface area contributed by atoms with Gasteiger partial charge in [0.2, 0.25) is 17.7 Å². The standard InChI is InChI=1S/C18H23N3O3/c1-3-4-6-11-15(17(19)23)21-18(24)16(20-13(2)22)12-14-9-7-5-8-10-14/h1,5,7-10,15-16H,4,6,11-12H2,2H3,(H2,19,23)(H,20,22)(H,21,24)/t15-,16+/m0/s1. The molecule has 0 heterocycles. The first-order valence-electron chi connectivity index (χ1n) is 7.78. The van der Waals surface area contributed by atoms with Gasteiger partial charge >= 0.3 is 0 Å². The van der Waals surface area contributed by atoms with Crippen LogP contribution >= 0.6 is 0 Å². The predicted octanol–water partition coefficient (Wildman–Crippen LogP) is 0.507. The van der Waals surface area contributed by atoms with Crippen LogP contribution in [0, 0.1) is 12.3 Å². The number of nitrogens with one attached hydrogen (secondary N) is 2. The molecule has 0 unspecified atom stereocenters. The highest BCUT2D eigenvalue weighted by molar-refractivity contribution is 5.91. The molecule has 0 radical (unpaired) electrons. The van der Waals surface area contributed by atoms with Crippen molar-refractivity contribution in [3.05, 3.63) is 35.9 Å². The summed E-state index contributed by atoms with van der Waals surface area (Å²) < 4.78 is 0. The zero-order valence-electron chi connectivity index (χ0n) is 13.7. The first-order chi connectivity index (χ1) is 11.4. The van der Waals surface area contributed by atoms with E-state index >= 15 is 0 Å². The van der Waals surface area contributed by atoms with E-state index in [-0.39, 0.29) is 5.91 Å². The number of nitrogens with two attached hydrogens (primary N) is 1. The van der Waals surface area contributed by atoms with Crippen LogP contribution in [-0.2, 0) is 20.8 Å². The maximum absolute atomic E-state index is 12.5. The predicted molar refractivity (Wildman–Crippen MR) is 91.6 cm³/mol. The molecule has 0 bridgehead atoms. The fraction of sp³-hybridized carbons (Fsp3) is 0.389. The fourth-order valence-electron chi connectivity index (χ4n) is 2.27. The van der Waals surface area contributed by atoms with Crippen LogP contribution in [0.25, 0.3) is 0 Å². The third-order valence-electron chi connectivity index (χ3n) is 3.45. The minimum atomic E-state index is -0.808. The van der Waals surface area contributed by atoms with Crippen molar-refractivity contribution < 1.29 is 14.4 Å². The van der Waals surface area contributed by atoms with Gasteiger partial charge in [0, 0.05) is 19.8 Å². The zero-order chi connectivity index (χ0) is 17.9. The number of rotatable bonds is 9. The number of amides is 3. The van der Waals surface area contributed by atoms with Crippen molar-refractivity contribution in [1.29, 1.82) is 0 Å². The molecule has 24 heavy (non-hydrogen) atoms. The van der Waals surface area contributed by atoms with Gasteiger partial charge in [0.15, 0.2) is 0 Å². The molecule has 0 aliphatic heterocycles. The van der Waals surface area contributed by atoms with Gasteiger partial charge in [0.05, 0.1) is 0 Å². The summed E-state index contributed by atoms with van der Waals surface area (Å²) in [6.45, 7) is 1.34. The molecule has 2 atom stereocenters. The van der Waals surface area contributed by atoms with E-state index in [1.54, 1.807) is 0 Å². The molecule has 3 amide bonds. The van der Waals surface area contributed by atoms with E-state index in [2.05, 4.69) is 16.6 Å². The van der Waals surface area contributed by atoms with Crippen LogP contribution in [0.4, 0.5) is 0 Å². The number of benzene rings is 1. The summed E-state index contributed by atoms with van der Waals surface area (Å²) in [6.07, 6.45) is 6.94. The Hall–Kier alpha value is -2.81. The van der Waals surface area contributed by atoms with Crippen molar-refractivity contribution >= 4 is 17.7 Å². The molecule has 0 spiro atoms. The lowest BCUT2D eigenvalue weighted by Gasteiger charge is -2.21. The van der Waals surface area contributed by atoms with Gasteiger partial charge in [-0.15, -0.1) is 12.3 Å². The Labute approximate surface area is 142 Å². The molecule has 0 saturated carbocycles. The maximum Gasteiger partial charge on any atom is 0.243 e. The number of unbranched alkanes of at least 4 members (excludes halogenated alkanes) is 1. The summed E-state index contributed by atoms with van der Waals surface area (Å²) in [6, 6.07) is 7.71. The van der Waals surface area contributed by atoms with Crippen LogP contribution in [0.2, 0.25) is 0 Å². The quantitative estimate of drug-likeness (QED) is 0.454. The van der Waals surface area contributed by atoms with Crippen molar-refractivity contribution in [2.24, 2.45) is 5.73 Å². The number of terminal acetylenes is 1. The van der Waals surface area contributed by atoms with Gasteiger partial charge in [0.1, 0.15) is 12.1 Å².